The first-order valence-corrected chi connectivity index (χ1v) is 6.45. The van der Waals surface area contributed by atoms with E-state index in [-0.39, 0.29) is 18.2 Å². The third-order valence-corrected chi connectivity index (χ3v) is 4.05. The van der Waals surface area contributed by atoms with Crippen molar-refractivity contribution in [1.82, 2.24) is 4.98 Å². The molecule has 2 fully saturated rings. The van der Waals surface area contributed by atoms with Crippen molar-refractivity contribution in [2.24, 2.45) is 0 Å². The van der Waals surface area contributed by atoms with Crippen LogP contribution in [0.4, 0.5) is 19.0 Å². The van der Waals surface area contributed by atoms with E-state index < -0.39 is 11.7 Å². The maximum absolute atomic E-state index is 12.5. The molecule has 6 heteroatoms. The molecule has 0 aromatic carbocycles. The lowest BCUT2D eigenvalue weighted by Crippen LogP contribution is -2.45. The summed E-state index contributed by atoms with van der Waals surface area (Å²) in [5.41, 5.74) is -0.722. The molecule has 1 aromatic heterocycles. The van der Waals surface area contributed by atoms with E-state index in [1.54, 1.807) is 0 Å². The summed E-state index contributed by atoms with van der Waals surface area (Å²) in [5, 5.41) is 9.71. The highest BCUT2D eigenvalue weighted by molar-refractivity contribution is 5.44. The lowest BCUT2D eigenvalue weighted by molar-refractivity contribution is -0.137. The van der Waals surface area contributed by atoms with Gasteiger partial charge in [0, 0.05) is 18.3 Å². The molecule has 0 amide bonds. The van der Waals surface area contributed by atoms with E-state index in [1.165, 1.54) is 6.07 Å². The lowest BCUT2D eigenvalue weighted by atomic mass is 10.00. The topological polar surface area (TPSA) is 36.4 Å². The summed E-state index contributed by atoms with van der Waals surface area (Å²) in [7, 11) is 0. The highest BCUT2D eigenvalue weighted by Crippen LogP contribution is 2.39. The van der Waals surface area contributed by atoms with Crippen molar-refractivity contribution >= 4 is 5.82 Å². The molecular weight excluding hydrogens is 257 g/mol. The Balaban J connectivity index is 1.84. The smallest absolute Gasteiger partial charge is 0.393 e. The average molecular weight is 272 g/mol. The van der Waals surface area contributed by atoms with Gasteiger partial charge in [-0.15, -0.1) is 0 Å². The van der Waals surface area contributed by atoms with Crippen LogP contribution < -0.4 is 4.90 Å². The van der Waals surface area contributed by atoms with E-state index in [9.17, 15) is 18.3 Å². The Kier molecular flexibility index (Phi) is 2.92. The SMILES string of the molecule is O[C@H]1CC2CC[C@@H](C1)N2c1ccc(C(F)(F)F)cn1. The van der Waals surface area contributed by atoms with E-state index in [0.717, 1.165) is 25.1 Å². The summed E-state index contributed by atoms with van der Waals surface area (Å²) in [6.45, 7) is 0. The molecule has 2 saturated heterocycles. The first kappa shape index (κ1) is 12.7. The third-order valence-electron chi connectivity index (χ3n) is 4.05. The molecule has 0 spiro atoms. The second kappa shape index (κ2) is 4.37. The molecule has 0 saturated carbocycles. The van der Waals surface area contributed by atoms with Gasteiger partial charge in [0.05, 0.1) is 11.7 Å². The Morgan fingerprint density at radius 2 is 1.79 bits per heavy atom. The number of nitrogens with zero attached hydrogens (tertiary/aromatic N) is 2. The van der Waals surface area contributed by atoms with Crippen LogP contribution in [-0.4, -0.2) is 28.3 Å². The Hall–Kier alpha value is -1.30. The summed E-state index contributed by atoms with van der Waals surface area (Å²) in [5.74, 6) is 0.590. The Bertz CT molecular complexity index is 446. The fraction of sp³-hybridized carbons (Fsp3) is 0.615. The summed E-state index contributed by atoms with van der Waals surface area (Å²) in [6, 6.07) is 2.93. The van der Waals surface area contributed by atoms with Gasteiger partial charge in [0.15, 0.2) is 0 Å². The number of aromatic nitrogens is 1. The first-order chi connectivity index (χ1) is 8.95. The molecule has 3 atom stereocenters. The Morgan fingerprint density at radius 3 is 2.26 bits per heavy atom. The van der Waals surface area contributed by atoms with Crippen molar-refractivity contribution < 1.29 is 18.3 Å². The molecule has 2 bridgehead atoms. The number of alkyl halides is 3. The maximum atomic E-state index is 12.5. The van der Waals surface area contributed by atoms with E-state index in [2.05, 4.69) is 9.88 Å². The van der Waals surface area contributed by atoms with Crippen LogP contribution in [0.2, 0.25) is 0 Å². The van der Waals surface area contributed by atoms with Crippen LogP contribution >= 0.6 is 0 Å². The average Bonchev–Trinajstić information content (AvgIpc) is 2.61. The van der Waals surface area contributed by atoms with Gasteiger partial charge in [0.25, 0.3) is 0 Å². The van der Waals surface area contributed by atoms with Crippen LogP contribution in [0.15, 0.2) is 18.3 Å². The molecule has 1 unspecified atom stereocenters. The molecule has 1 aromatic rings. The molecule has 0 aliphatic carbocycles. The van der Waals surface area contributed by atoms with Crippen molar-refractivity contribution in [2.75, 3.05) is 4.90 Å². The summed E-state index contributed by atoms with van der Waals surface area (Å²) >= 11 is 0. The van der Waals surface area contributed by atoms with Crippen molar-refractivity contribution in [2.45, 2.75) is 50.0 Å². The number of rotatable bonds is 1. The summed E-state index contributed by atoms with van der Waals surface area (Å²) < 4.78 is 37.5. The molecule has 1 N–H and O–H groups in total. The van der Waals surface area contributed by atoms with Crippen molar-refractivity contribution in [1.29, 1.82) is 0 Å². The largest absolute Gasteiger partial charge is 0.417 e. The highest BCUT2D eigenvalue weighted by atomic mass is 19.4. The fourth-order valence-electron chi connectivity index (χ4n) is 3.23. The molecule has 3 rings (SSSR count). The molecule has 104 valence electrons. The second-order valence-electron chi connectivity index (χ2n) is 5.32. The minimum atomic E-state index is -4.34. The first-order valence-electron chi connectivity index (χ1n) is 6.45. The zero-order chi connectivity index (χ0) is 13.6. The molecule has 2 aliphatic rings. The van der Waals surface area contributed by atoms with Gasteiger partial charge in [-0.2, -0.15) is 13.2 Å². The number of fused-ring (bicyclic) bond motifs is 2. The van der Waals surface area contributed by atoms with Gasteiger partial charge in [-0.3, -0.25) is 0 Å². The van der Waals surface area contributed by atoms with Crippen molar-refractivity contribution in [3.8, 4) is 0 Å². The molecule has 19 heavy (non-hydrogen) atoms. The molecular formula is C13H15F3N2O. The van der Waals surface area contributed by atoms with Crippen LogP contribution in [0.1, 0.15) is 31.2 Å². The number of aliphatic hydroxyl groups excluding tert-OH is 1. The molecule has 2 aliphatic heterocycles. The van der Waals surface area contributed by atoms with Crippen molar-refractivity contribution in [3.05, 3.63) is 23.9 Å². The summed E-state index contributed by atoms with van der Waals surface area (Å²) in [4.78, 5) is 6.04. The molecule has 3 heterocycles. The van der Waals surface area contributed by atoms with Crippen LogP contribution in [0.5, 0.6) is 0 Å². The zero-order valence-electron chi connectivity index (χ0n) is 10.3. The van der Waals surface area contributed by atoms with Gasteiger partial charge < -0.3 is 10.0 Å². The number of hydrogen-bond acceptors (Lipinski definition) is 3. The number of piperidine rings is 1. The van der Waals surface area contributed by atoms with Crippen LogP contribution in [-0.2, 0) is 6.18 Å². The normalized spacial score (nSPS) is 30.7. The van der Waals surface area contributed by atoms with Crippen LogP contribution in [0.25, 0.3) is 0 Å². The number of aliphatic hydroxyl groups is 1. The van der Waals surface area contributed by atoms with E-state index in [0.29, 0.717) is 18.7 Å². The second-order valence-corrected chi connectivity index (χ2v) is 5.32. The number of hydrogen-bond donors (Lipinski definition) is 1. The fourth-order valence-corrected chi connectivity index (χ4v) is 3.23. The summed E-state index contributed by atoms with van der Waals surface area (Å²) in [6.07, 6.45) is -0.432. The monoisotopic (exact) mass is 272 g/mol. The lowest BCUT2D eigenvalue weighted by Gasteiger charge is -2.38. The quantitative estimate of drug-likeness (QED) is 0.853. The van der Waals surface area contributed by atoms with E-state index in [4.69, 9.17) is 0 Å². The van der Waals surface area contributed by atoms with E-state index >= 15 is 0 Å². The predicted molar refractivity (Wildman–Crippen MR) is 63.8 cm³/mol. The van der Waals surface area contributed by atoms with Gasteiger partial charge in [-0.05, 0) is 37.8 Å². The van der Waals surface area contributed by atoms with Crippen molar-refractivity contribution in [3.63, 3.8) is 0 Å². The number of halogens is 3. The molecule has 3 nitrogen and oxygen atoms in total. The van der Waals surface area contributed by atoms with Gasteiger partial charge in [-0.1, -0.05) is 0 Å². The Labute approximate surface area is 109 Å². The predicted octanol–water partition coefficient (Wildman–Crippen LogP) is 2.59. The molecule has 0 radical (unpaired) electrons. The van der Waals surface area contributed by atoms with Crippen LogP contribution in [0, 0.1) is 0 Å². The van der Waals surface area contributed by atoms with Gasteiger partial charge in [0.1, 0.15) is 5.82 Å². The number of pyridine rings is 1. The maximum Gasteiger partial charge on any atom is 0.417 e. The third kappa shape index (κ3) is 2.29. The van der Waals surface area contributed by atoms with Gasteiger partial charge in [0.2, 0.25) is 0 Å². The minimum absolute atomic E-state index is 0.206. The van der Waals surface area contributed by atoms with Crippen LogP contribution in [0.3, 0.4) is 0 Å². The highest BCUT2D eigenvalue weighted by Gasteiger charge is 2.41. The standard InChI is InChI=1S/C13H15F3N2O/c14-13(15,16)8-1-4-12(17-7-8)18-9-2-3-10(18)6-11(19)5-9/h1,4,7,9-11,19H,2-3,5-6H2/t9-,10?,11+/m0/s1. The number of anilines is 1. The van der Waals surface area contributed by atoms with Gasteiger partial charge >= 0.3 is 6.18 Å². The van der Waals surface area contributed by atoms with E-state index in [1.807, 2.05) is 0 Å². The van der Waals surface area contributed by atoms with Gasteiger partial charge in [-0.25, -0.2) is 4.98 Å². The zero-order valence-corrected chi connectivity index (χ0v) is 10.3. The Morgan fingerprint density at radius 1 is 1.16 bits per heavy atom. The minimum Gasteiger partial charge on any atom is -0.393 e.